The molecule has 1 aliphatic rings. The molecule has 23 heavy (non-hydrogen) atoms. The first-order chi connectivity index (χ1) is 11.2. The van der Waals surface area contributed by atoms with Gasteiger partial charge in [-0.15, -0.1) is 0 Å². The second kappa shape index (κ2) is 5.66. The molecule has 0 fully saturated rings. The lowest BCUT2D eigenvalue weighted by Crippen LogP contribution is -2.41. The zero-order chi connectivity index (χ0) is 15.8. The number of amides is 1. The number of aryl methyl sites for hydroxylation is 1. The second-order valence-electron chi connectivity index (χ2n) is 5.73. The molecule has 5 nitrogen and oxygen atoms in total. The summed E-state index contributed by atoms with van der Waals surface area (Å²) in [6.07, 6.45) is 7.19. The molecule has 1 N–H and O–H groups in total. The van der Waals surface area contributed by atoms with E-state index in [2.05, 4.69) is 19.9 Å². The predicted octanol–water partition coefficient (Wildman–Crippen LogP) is 2.83. The van der Waals surface area contributed by atoms with Crippen LogP contribution in [0.25, 0.3) is 10.9 Å². The van der Waals surface area contributed by atoms with Crippen LogP contribution in [-0.2, 0) is 13.0 Å². The summed E-state index contributed by atoms with van der Waals surface area (Å²) in [5.74, 6) is 0.940. The molecule has 1 aromatic carbocycles. The van der Waals surface area contributed by atoms with Gasteiger partial charge in [-0.3, -0.25) is 9.78 Å². The number of hydrogen-bond donors (Lipinski definition) is 1. The molecule has 6 heteroatoms. The summed E-state index contributed by atoms with van der Waals surface area (Å²) in [5.41, 5.74) is 1.19. The largest absolute Gasteiger partial charge is 0.347 e. The highest BCUT2D eigenvalue weighted by molar-refractivity contribution is 6.32. The monoisotopic (exact) mass is 326 g/mol. The lowest BCUT2D eigenvalue weighted by molar-refractivity contribution is 0.0929. The summed E-state index contributed by atoms with van der Waals surface area (Å²) in [5, 5.41) is 4.50. The first-order valence-corrected chi connectivity index (χ1v) is 7.93. The lowest BCUT2D eigenvalue weighted by Gasteiger charge is -2.25. The van der Waals surface area contributed by atoms with E-state index in [1.165, 1.54) is 0 Å². The van der Waals surface area contributed by atoms with Crippen LogP contribution in [0.5, 0.6) is 0 Å². The maximum Gasteiger partial charge on any atom is 0.253 e. The zero-order valence-corrected chi connectivity index (χ0v) is 13.1. The van der Waals surface area contributed by atoms with Gasteiger partial charge in [-0.1, -0.05) is 17.7 Å². The third-order valence-corrected chi connectivity index (χ3v) is 4.40. The minimum atomic E-state index is -0.134. The van der Waals surface area contributed by atoms with E-state index in [0.717, 1.165) is 30.6 Å². The van der Waals surface area contributed by atoms with E-state index in [1.54, 1.807) is 18.5 Å². The van der Waals surface area contributed by atoms with E-state index in [0.29, 0.717) is 16.1 Å². The number of fused-ring (bicyclic) bond motifs is 2. The third-order valence-electron chi connectivity index (χ3n) is 4.18. The van der Waals surface area contributed by atoms with Gasteiger partial charge in [0.15, 0.2) is 0 Å². The molecule has 0 aliphatic carbocycles. The van der Waals surface area contributed by atoms with Crippen molar-refractivity contribution in [1.29, 1.82) is 0 Å². The van der Waals surface area contributed by atoms with Gasteiger partial charge in [-0.25, -0.2) is 4.98 Å². The van der Waals surface area contributed by atoms with Crippen molar-refractivity contribution in [1.82, 2.24) is 19.9 Å². The van der Waals surface area contributed by atoms with E-state index in [-0.39, 0.29) is 11.9 Å². The van der Waals surface area contributed by atoms with Crippen molar-refractivity contribution in [3.05, 3.63) is 59.3 Å². The summed E-state index contributed by atoms with van der Waals surface area (Å²) in [4.78, 5) is 21.3. The second-order valence-corrected chi connectivity index (χ2v) is 6.17. The Kier molecular flexibility index (Phi) is 3.50. The standard InChI is InChI=1S/C17H15ClN4O/c18-12-8-11-2-1-5-20-16(11)14(9-12)17(23)21-13-3-4-15-19-6-7-22(15)10-13/h1-2,5-9,13H,3-4,10H2,(H,21,23)/t13-/m0/s1. The number of pyridine rings is 1. The molecule has 0 saturated heterocycles. The smallest absolute Gasteiger partial charge is 0.253 e. The van der Waals surface area contributed by atoms with E-state index in [4.69, 9.17) is 11.6 Å². The van der Waals surface area contributed by atoms with Crippen LogP contribution < -0.4 is 5.32 Å². The van der Waals surface area contributed by atoms with Crippen molar-refractivity contribution in [2.45, 2.75) is 25.4 Å². The number of halogens is 1. The normalized spacial score (nSPS) is 17.0. The fourth-order valence-corrected chi connectivity index (χ4v) is 3.30. The third kappa shape index (κ3) is 2.68. The Morgan fingerprint density at radius 3 is 3.13 bits per heavy atom. The quantitative estimate of drug-likeness (QED) is 0.787. The molecule has 3 heterocycles. The average Bonchev–Trinajstić information content (AvgIpc) is 3.01. The summed E-state index contributed by atoms with van der Waals surface area (Å²) >= 11 is 6.14. The van der Waals surface area contributed by atoms with Crippen LogP contribution in [0.2, 0.25) is 5.02 Å². The Morgan fingerprint density at radius 2 is 2.22 bits per heavy atom. The number of nitrogens with zero attached hydrogens (tertiary/aromatic N) is 3. The van der Waals surface area contributed by atoms with Crippen molar-refractivity contribution >= 4 is 28.4 Å². The fourth-order valence-electron chi connectivity index (χ4n) is 3.08. The maximum absolute atomic E-state index is 12.7. The topological polar surface area (TPSA) is 59.8 Å². The summed E-state index contributed by atoms with van der Waals surface area (Å²) in [6.45, 7) is 0.743. The Bertz CT molecular complexity index is 889. The van der Waals surface area contributed by atoms with Crippen LogP contribution in [0.4, 0.5) is 0 Å². The Balaban J connectivity index is 1.61. The van der Waals surface area contributed by atoms with Crippen LogP contribution in [0.1, 0.15) is 22.6 Å². The van der Waals surface area contributed by atoms with Gasteiger partial charge in [0.1, 0.15) is 5.82 Å². The van der Waals surface area contributed by atoms with Gasteiger partial charge in [0, 0.05) is 48.0 Å². The minimum Gasteiger partial charge on any atom is -0.347 e. The van der Waals surface area contributed by atoms with Crippen LogP contribution in [-0.4, -0.2) is 26.5 Å². The molecule has 0 spiro atoms. The SMILES string of the molecule is O=C(N[C@H]1CCc2nccn2C1)c1cc(Cl)cc2cccnc12. The zero-order valence-electron chi connectivity index (χ0n) is 12.4. The average molecular weight is 327 g/mol. The molecule has 1 amide bonds. The van der Waals surface area contributed by atoms with E-state index in [9.17, 15) is 4.79 Å². The molecule has 0 unspecified atom stereocenters. The molecule has 3 aromatic rings. The highest BCUT2D eigenvalue weighted by Crippen LogP contribution is 2.23. The number of rotatable bonds is 2. The van der Waals surface area contributed by atoms with E-state index >= 15 is 0 Å². The predicted molar refractivity (Wildman–Crippen MR) is 88.6 cm³/mol. The number of hydrogen-bond acceptors (Lipinski definition) is 3. The summed E-state index contributed by atoms with van der Waals surface area (Å²) in [6, 6.07) is 7.32. The van der Waals surface area contributed by atoms with Gasteiger partial charge in [-0.2, -0.15) is 0 Å². The van der Waals surface area contributed by atoms with Gasteiger partial charge in [0.05, 0.1) is 11.1 Å². The first kappa shape index (κ1) is 14.2. The van der Waals surface area contributed by atoms with Gasteiger partial charge in [0.25, 0.3) is 5.91 Å². The Labute approximate surface area is 138 Å². The molecule has 2 aromatic heterocycles. The lowest BCUT2D eigenvalue weighted by atomic mass is 10.1. The number of aromatic nitrogens is 3. The maximum atomic E-state index is 12.7. The van der Waals surface area contributed by atoms with Crippen molar-refractivity contribution < 1.29 is 4.79 Å². The number of nitrogens with one attached hydrogen (secondary N) is 1. The molecule has 1 aliphatic heterocycles. The van der Waals surface area contributed by atoms with E-state index in [1.807, 2.05) is 24.4 Å². The van der Waals surface area contributed by atoms with Gasteiger partial charge in [-0.05, 0) is 24.6 Å². The fraction of sp³-hybridized carbons (Fsp3) is 0.235. The van der Waals surface area contributed by atoms with Gasteiger partial charge < -0.3 is 9.88 Å². The van der Waals surface area contributed by atoms with E-state index < -0.39 is 0 Å². The highest BCUT2D eigenvalue weighted by Gasteiger charge is 2.22. The number of benzene rings is 1. The summed E-state index contributed by atoms with van der Waals surface area (Å²) in [7, 11) is 0. The molecule has 0 saturated carbocycles. The highest BCUT2D eigenvalue weighted by atomic mass is 35.5. The van der Waals surface area contributed by atoms with Crippen molar-refractivity contribution in [3.63, 3.8) is 0 Å². The minimum absolute atomic E-state index is 0.0851. The van der Waals surface area contributed by atoms with Crippen LogP contribution in [0.3, 0.4) is 0 Å². The molecule has 0 bridgehead atoms. The molecule has 4 rings (SSSR count). The van der Waals surface area contributed by atoms with Crippen LogP contribution >= 0.6 is 11.6 Å². The molecular weight excluding hydrogens is 312 g/mol. The van der Waals surface area contributed by atoms with Gasteiger partial charge in [0.2, 0.25) is 0 Å². The number of carbonyl (C=O) groups excluding carboxylic acids is 1. The molecular formula is C17H15ClN4O. The first-order valence-electron chi connectivity index (χ1n) is 7.56. The molecule has 1 atom stereocenters. The summed E-state index contributed by atoms with van der Waals surface area (Å²) < 4.78 is 2.09. The van der Waals surface area contributed by atoms with Crippen molar-refractivity contribution in [3.8, 4) is 0 Å². The Hall–Kier alpha value is -2.40. The Morgan fingerprint density at radius 1 is 1.30 bits per heavy atom. The number of imidazole rings is 1. The van der Waals surface area contributed by atoms with Crippen molar-refractivity contribution in [2.24, 2.45) is 0 Å². The van der Waals surface area contributed by atoms with Crippen molar-refractivity contribution in [2.75, 3.05) is 0 Å². The van der Waals surface area contributed by atoms with Crippen LogP contribution in [0, 0.1) is 0 Å². The number of carbonyl (C=O) groups is 1. The molecule has 0 radical (unpaired) electrons. The molecule has 116 valence electrons. The van der Waals surface area contributed by atoms with Crippen LogP contribution in [0.15, 0.2) is 42.9 Å². The van der Waals surface area contributed by atoms with Gasteiger partial charge >= 0.3 is 0 Å².